The molecule has 17 heavy (non-hydrogen) atoms. The van der Waals surface area contributed by atoms with Gasteiger partial charge in [0.2, 0.25) is 0 Å². The van der Waals surface area contributed by atoms with Gasteiger partial charge < -0.3 is 20.6 Å². The van der Waals surface area contributed by atoms with Crippen LogP contribution in [-0.4, -0.2) is 45.0 Å². The molecule has 7 heteroatoms. The molecule has 0 aliphatic heterocycles. The molecule has 0 aliphatic carbocycles. The van der Waals surface area contributed by atoms with Crippen molar-refractivity contribution in [2.24, 2.45) is 0 Å². The molecule has 1 heterocycles. The van der Waals surface area contributed by atoms with Crippen LogP contribution in [0.3, 0.4) is 0 Å². The molecule has 0 atom stereocenters. The van der Waals surface area contributed by atoms with Crippen molar-refractivity contribution < 1.29 is 20.1 Å². The molecule has 0 aliphatic rings. The molecule has 0 bridgehead atoms. The molecule has 6 nitrogen and oxygen atoms in total. The Morgan fingerprint density at radius 1 is 1.47 bits per heavy atom. The summed E-state index contributed by atoms with van der Waals surface area (Å²) in [4.78, 5) is 14.8. The summed E-state index contributed by atoms with van der Waals surface area (Å²) >= 11 is 5.67. The number of carboxylic acid groups (broad SMARTS) is 1. The Bertz CT molecular complexity index is 421. The smallest absolute Gasteiger partial charge is 0.339 e. The third-order valence-electron chi connectivity index (χ3n) is 2.21. The van der Waals surface area contributed by atoms with E-state index in [9.17, 15) is 4.79 Å². The summed E-state index contributed by atoms with van der Waals surface area (Å²) in [7, 11) is 0. The minimum atomic E-state index is -1.17. The van der Waals surface area contributed by atoms with Gasteiger partial charge in [0.1, 0.15) is 16.5 Å². The van der Waals surface area contributed by atoms with Crippen LogP contribution in [0.4, 0.5) is 5.82 Å². The number of hydrogen-bond acceptors (Lipinski definition) is 5. The Labute approximate surface area is 103 Å². The molecule has 0 amide bonds. The van der Waals surface area contributed by atoms with Crippen LogP contribution in [0.2, 0.25) is 5.15 Å². The Balaban J connectivity index is 3.12. The van der Waals surface area contributed by atoms with Crippen molar-refractivity contribution >= 4 is 23.4 Å². The number of aromatic nitrogens is 1. The first-order valence-corrected chi connectivity index (χ1v) is 5.19. The maximum absolute atomic E-state index is 10.9. The van der Waals surface area contributed by atoms with E-state index in [1.807, 2.05) is 0 Å². The van der Waals surface area contributed by atoms with Gasteiger partial charge >= 0.3 is 5.97 Å². The molecule has 0 radical (unpaired) electrons. The summed E-state index contributed by atoms with van der Waals surface area (Å²) in [6.45, 7) is 0.773. The standard InChI is InChI=1S/C10H13ClN2O4/c1-10(4-14,5-15)13-8-6(9(16)17)2-3-7(11)12-8/h2-3,14-15H,4-5H2,1H3,(H,12,13)(H,16,17). The number of nitrogens with one attached hydrogen (secondary N) is 1. The third-order valence-corrected chi connectivity index (χ3v) is 2.42. The molecule has 0 aromatic carbocycles. The van der Waals surface area contributed by atoms with E-state index in [0.717, 1.165) is 0 Å². The van der Waals surface area contributed by atoms with Crippen LogP contribution in [0.15, 0.2) is 12.1 Å². The van der Waals surface area contributed by atoms with Crippen LogP contribution < -0.4 is 5.32 Å². The summed E-state index contributed by atoms with van der Waals surface area (Å²) in [6, 6.07) is 2.65. The van der Waals surface area contributed by atoms with E-state index in [1.54, 1.807) is 0 Å². The number of pyridine rings is 1. The number of carbonyl (C=O) groups is 1. The summed E-state index contributed by atoms with van der Waals surface area (Å²) in [6.07, 6.45) is 0. The van der Waals surface area contributed by atoms with Crippen LogP contribution in [0.1, 0.15) is 17.3 Å². The predicted octanol–water partition coefficient (Wildman–Crippen LogP) is 0.588. The van der Waals surface area contributed by atoms with Crippen LogP contribution in [0.25, 0.3) is 0 Å². The lowest BCUT2D eigenvalue weighted by atomic mass is 10.1. The van der Waals surface area contributed by atoms with Gasteiger partial charge in [0, 0.05) is 0 Å². The second-order valence-corrected chi connectivity index (χ2v) is 4.22. The van der Waals surface area contributed by atoms with E-state index in [0.29, 0.717) is 0 Å². The highest BCUT2D eigenvalue weighted by molar-refractivity contribution is 6.29. The summed E-state index contributed by atoms with van der Waals surface area (Å²) in [5, 5.41) is 30.0. The second-order valence-electron chi connectivity index (χ2n) is 3.84. The molecule has 0 saturated heterocycles. The number of halogens is 1. The van der Waals surface area contributed by atoms with Crippen LogP contribution in [-0.2, 0) is 0 Å². The zero-order valence-electron chi connectivity index (χ0n) is 9.14. The second kappa shape index (κ2) is 5.31. The van der Waals surface area contributed by atoms with E-state index < -0.39 is 11.5 Å². The molecular formula is C10H13ClN2O4. The average Bonchev–Trinajstić information content (AvgIpc) is 2.28. The Kier molecular flexibility index (Phi) is 4.28. The molecule has 0 fully saturated rings. The van der Waals surface area contributed by atoms with Crippen LogP contribution in [0, 0.1) is 0 Å². The quantitative estimate of drug-likeness (QED) is 0.578. The number of aromatic carboxylic acids is 1. The molecule has 4 N–H and O–H groups in total. The van der Waals surface area contributed by atoms with Gasteiger partial charge in [0.15, 0.2) is 0 Å². The number of aliphatic hydroxyl groups is 2. The lowest BCUT2D eigenvalue weighted by Gasteiger charge is -2.27. The fourth-order valence-corrected chi connectivity index (χ4v) is 1.27. The lowest BCUT2D eigenvalue weighted by Crippen LogP contribution is -2.43. The first-order valence-electron chi connectivity index (χ1n) is 4.81. The molecule has 1 rings (SSSR count). The Morgan fingerprint density at radius 3 is 2.53 bits per heavy atom. The van der Waals surface area contributed by atoms with Gasteiger partial charge in [-0.3, -0.25) is 0 Å². The summed E-state index contributed by atoms with van der Waals surface area (Å²) in [5.74, 6) is -1.16. The zero-order chi connectivity index (χ0) is 13.1. The lowest BCUT2D eigenvalue weighted by molar-refractivity contribution is 0.0696. The highest BCUT2D eigenvalue weighted by Crippen LogP contribution is 2.20. The van der Waals surface area contributed by atoms with Gasteiger partial charge in [-0.1, -0.05) is 11.6 Å². The van der Waals surface area contributed by atoms with Crippen molar-refractivity contribution in [1.82, 2.24) is 4.98 Å². The van der Waals surface area contributed by atoms with Gasteiger partial charge in [-0.2, -0.15) is 0 Å². The van der Waals surface area contributed by atoms with Gasteiger partial charge in [-0.05, 0) is 19.1 Å². The molecule has 0 spiro atoms. The van der Waals surface area contributed by atoms with Gasteiger partial charge in [-0.25, -0.2) is 9.78 Å². The van der Waals surface area contributed by atoms with Gasteiger partial charge in [0.05, 0.1) is 18.8 Å². The predicted molar refractivity (Wildman–Crippen MR) is 62.4 cm³/mol. The topological polar surface area (TPSA) is 103 Å². The Morgan fingerprint density at radius 2 is 2.06 bits per heavy atom. The molecule has 1 aromatic rings. The van der Waals surface area contributed by atoms with Crippen LogP contribution in [0.5, 0.6) is 0 Å². The molecule has 0 saturated carbocycles. The largest absolute Gasteiger partial charge is 0.478 e. The normalized spacial score (nSPS) is 11.3. The third kappa shape index (κ3) is 3.29. The van der Waals surface area contributed by atoms with Crippen molar-refractivity contribution in [2.45, 2.75) is 12.5 Å². The van der Waals surface area contributed by atoms with E-state index in [2.05, 4.69) is 10.3 Å². The number of hydrogen-bond donors (Lipinski definition) is 4. The van der Waals surface area contributed by atoms with Gasteiger partial charge in [0.25, 0.3) is 0 Å². The highest BCUT2D eigenvalue weighted by Gasteiger charge is 2.25. The minimum Gasteiger partial charge on any atom is -0.478 e. The maximum atomic E-state index is 10.9. The number of anilines is 1. The zero-order valence-corrected chi connectivity index (χ0v) is 9.90. The van der Waals surface area contributed by atoms with E-state index in [-0.39, 0.29) is 29.7 Å². The molecule has 1 aromatic heterocycles. The number of nitrogens with zero attached hydrogens (tertiary/aromatic N) is 1. The number of carboxylic acids is 1. The maximum Gasteiger partial charge on any atom is 0.339 e. The van der Waals surface area contributed by atoms with E-state index in [4.69, 9.17) is 26.9 Å². The van der Waals surface area contributed by atoms with E-state index in [1.165, 1.54) is 19.1 Å². The summed E-state index contributed by atoms with van der Waals surface area (Å²) < 4.78 is 0. The average molecular weight is 261 g/mol. The SMILES string of the molecule is CC(CO)(CO)Nc1nc(Cl)ccc1C(=O)O. The van der Waals surface area contributed by atoms with Crippen molar-refractivity contribution in [3.05, 3.63) is 22.8 Å². The first-order chi connectivity index (χ1) is 7.91. The molecular weight excluding hydrogens is 248 g/mol. The Hall–Kier alpha value is -1.37. The fourth-order valence-electron chi connectivity index (χ4n) is 1.12. The van der Waals surface area contributed by atoms with Gasteiger partial charge in [-0.15, -0.1) is 0 Å². The van der Waals surface area contributed by atoms with Crippen molar-refractivity contribution in [2.75, 3.05) is 18.5 Å². The van der Waals surface area contributed by atoms with Crippen molar-refractivity contribution in [3.63, 3.8) is 0 Å². The minimum absolute atomic E-state index is 0.00981. The van der Waals surface area contributed by atoms with E-state index >= 15 is 0 Å². The van der Waals surface area contributed by atoms with Crippen LogP contribution >= 0.6 is 11.6 Å². The van der Waals surface area contributed by atoms with Crippen molar-refractivity contribution in [1.29, 1.82) is 0 Å². The monoisotopic (exact) mass is 260 g/mol. The fraction of sp³-hybridized carbons (Fsp3) is 0.400. The van der Waals surface area contributed by atoms with Crippen molar-refractivity contribution in [3.8, 4) is 0 Å². The highest BCUT2D eigenvalue weighted by atomic mass is 35.5. The number of aliphatic hydroxyl groups excluding tert-OH is 2. The first kappa shape index (κ1) is 13.7. The number of rotatable bonds is 5. The molecule has 0 unspecified atom stereocenters. The summed E-state index contributed by atoms with van der Waals surface area (Å²) in [5.41, 5.74) is -1.15. The molecule has 94 valence electrons.